The number of aromatic nitrogens is 4. The van der Waals surface area contributed by atoms with Crippen molar-refractivity contribution < 1.29 is 18.0 Å². The molecule has 0 saturated carbocycles. The van der Waals surface area contributed by atoms with Gasteiger partial charge in [0, 0.05) is 11.1 Å². The Morgan fingerprint density at radius 2 is 1.80 bits per heavy atom. The average molecular weight is 429 g/mol. The van der Waals surface area contributed by atoms with E-state index in [1.807, 2.05) is 42.5 Å². The number of anilines is 1. The molecule has 6 nitrogen and oxygen atoms in total. The van der Waals surface area contributed by atoms with Crippen molar-refractivity contribution in [3.05, 3.63) is 72.3 Å². The number of rotatable bonds is 5. The Bertz CT molecular complexity index is 1200. The molecule has 4 aromatic rings. The fourth-order valence-electron chi connectivity index (χ4n) is 2.91. The molecule has 0 aliphatic heterocycles. The highest BCUT2D eigenvalue weighted by atomic mass is 32.2. The van der Waals surface area contributed by atoms with E-state index < -0.39 is 17.6 Å². The van der Waals surface area contributed by atoms with Crippen LogP contribution in [-0.4, -0.2) is 31.9 Å². The minimum absolute atomic E-state index is 0.0681. The van der Waals surface area contributed by atoms with Crippen LogP contribution in [0.5, 0.6) is 0 Å². The zero-order valence-electron chi connectivity index (χ0n) is 15.3. The van der Waals surface area contributed by atoms with E-state index in [1.165, 1.54) is 16.8 Å². The summed E-state index contributed by atoms with van der Waals surface area (Å²) in [5, 5.41) is 16.5. The van der Waals surface area contributed by atoms with Crippen LogP contribution >= 0.6 is 11.8 Å². The molecule has 10 heteroatoms. The van der Waals surface area contributed by atoms with Crippen molar-refractivity contribution in [3.8, 4) is 5.69 Å². The fourth-order valence-corrected chi connectivity index (χ4v) is 3.60. The number of nitrogens with one attached hydrogen (secondary N) is 1. The number of nitrogens with zero attached hydrogens (tertiary/aromatic N) is 4. The van der Waals surface area contributed by atoms with Crippen molar-refractivity contribution in [2.75, 3.05) is 11.1 Å². The molecule has 1 N–H and O–H groups in total. The molecule has 1 amide bonds. The molecule has 0 aliphatic rings. The summed E-state index contributed by atoms with van der Waals surface area (Å²) in [7, 11) is 0. The Hall–Kier alpha value is -3.40. The van der Waals surface area contributed by atoms with Crippen molar-refractivity contribution in [2.45, 2.75) is 11.3 Å². The summed E-state index contributed by atoms with van der Waals surface area (Å²) in [6.45, 7) is 0. The van der Waals surface area contributed by atoms with E-state index in [0.717, 1.165) is 40.4 Å². The molecule has 3 aromatic carbocycles. The number of halogens is 3. The lowest BCUT2D eigenvalue weighted by Crippen LogP contribution is -2.15. The number of tetrazole rings is 1. The first-order valence-corrected chi connectivity index (χ1v) is 9.77. The summed E-state index contributed by atoms with van der Waals surface area (Å²) in [4.78, 5) is 12.2. The largest absolute Gasteiger partial charge is 0.416 e. The molecule has 0 saturated heterocycles. The van der Waals surface area contributed by atoms with Crippen LogP contribution in [0.3, 0.4) is 0 Å². The number of hydrogen-bond acceptors (Lipinski definition) is 5. The molecular formula is C20H14F3N5OS. The predicted octanol–water partition coefficient (Wildman–Crippen LogP) is 4.57. The lowest BCUT2D eigenvalue weighted by Gasteiger charge is -2.10. The maximum atomic E-state index is 12.8. The van der Waals surface area contributed by atoms with Crippen LogP contribution in [0.4, 0.5) is 18.9 Å². The van der Waals surface area contributed by atoms with Gasteiger partial charge in [-0.2, -0.15) is 17.9 Å². The summed E-state index contributed by atoms with van der Waals surface area (Å²) in [6.07, 6.45) is -4.48. The molecule has 0 radical (unpaired) electrons. The molecule has 1 heterocycles. The zero-order valence-corrected chi connectivity index (χ0v) is 16.1. The van der Waals surface area contributed by atoms with Gasteiger partial charge < -0.3 is 5.32 Å². The van der Waals surface area contributed by atoms with Gasteiger partial charge in [0.25, 0.3) is 0 Å². The van der Waals surface area contributed by atoms with E-state index in [0.29, 0.717) is 5.16 Å². The smallest absolute Gasteiger partial charge is 0.325 e. The van der Waals surface area contributed by atoms with Gasteiger partial charge in [-0.1, -0.05) is 54.2 Å². The monoisotopic (exact) mass is 429 g/mol. The second-order valence-electron chi connectivity index (χ2n) is 6.29. The van der Waals surface area contributed by atoms with E-state index in [2.05, 4.69) is 20.8 Å². The molecule has 152 valence electrons. The Morgan fingerprint density at radius 1 is 1.03 bits per heavy atom. The SMILES string of the molecule is O=C(CSc1nnnn1-c1cccc2ccccc12)Nc1cccc(C(F)(F)F)c1. The van der Waals surface area contributed by atoms with Gasteiger partial charge in [0.05, 0.1) is 17.0 Å². The van der Waals surface area contributed by atoms with Crippen LogP contribution in [0, 0.1) is 0 Å². The maximum absolute atomic E-state index is 12.8. The highest BCUT2D eigenvalue weighted by molar-refractivity contribution is 7.99. The van der Waals surface area contributed by atoms with Gasteiger partial charge in [-0.15, -0.1) is 5.10 Å². The third kappa shape index (κ3) is 4.28. The molecule has 0 atom stereocenters. The summed E-state index contributed by atoms with van der Waals surface area (Å²) < 4.78 is 40.0. The minimum Gasteiger partial charge on any atom is -0.325 e. The molecule has 0 spiro atoms. The minimum atomic E-state index is -4.48. The standard InChI is InChI=1S/C20H14F3N5OS/c21-20(22,23)14-7-4-8-15(11-14)24-18(29)12-30-19-25-26-27-28(19)17-10-3-6-13-5-1-2-9-16(13)17/h1-11H,12H2,(H,24,29). The molecule has 30 heavy (non-hydrogen) atoms. The van der Waals surface area contributed by atoms with Gasteiger partial charge >= 0.3 is 6.18 Å². The zero-order chi connectivity index (χ0) is 21.1. The van der Waals surface area contributed by atoms with Gasteiger partial charge in [-0.05, 0) is 40.1 Å². The number of amides is 1. The van der Waals surface area contributed by atoms with Gasteiger partial charge in [0.15, 0.2) is 0 Å². The van der Waals surface area contributed by atoms with Gasteiger partial charge in [0.2, 0.25) is 11.1 Å². The normalized spacial score (nSPS) is 11.6. The molecule has 0 unspecified atom stereocenters. The lowest BCUT2D eigenvalue weighted by molar-refractivity contribution is -0.137. The molecular weight excluding hydrogens is 415 g/mol. The van der Waals surface area contributed by atoms with E-state index in [-0.39, 0.29) is 11.4 Å². The van der Waals surface area contributed by atoms with Crippen molar-refractivity contribution in [2.24, 2.45) is 0 Å². The first kappa shape index (κ1) is 19.9. The van der Waals surface area contributed by atoms with Crippen LogP contribution in [-0.2, 0) is 11.0 Å². The Kier molecular flexibility index (Phi) is 5.40. The van der Waals surface area contributed by atoms with Gasteiger partial charge in [-0.25, -0.2) is 0 Å². The Morgan fingerprint density at radius 3 is 2.63 bits per heavy atom. The first-order valence-electron chi connectivity index (χ1n) is 8.78. The predicted molar refractivity (Wildman–Crippen MR) is 107 cm³/mol. The Balaban J connectivity index is 1.48. The second kappa shape index (κ2) is 8.15. The van der Waals surface area contributed by atoms with Crippen LogP contribution in [0.15, 0.2) is 71.9 Å². The van der Waals surface area contributed by atoms with Gasteiger partial charge in [-0.3, -0.25) is 4.79 Å². The number of carbonyl (C=O) groups excluding carboxylic acids is 1. The highest BCUT2D eigenvalue weighted by Gasteiger charge is 2.30. The topological polar surface area (TPSA) is 72.7 Å². The second-order valence-corrected chi connectivity index (χ2v) is 7.23. The fraction of sp³-hybridized carbons (Fsp3) is 0.100. The molecule has 0 fully saturated rings. The van der Waals surface area contributed by atoms with E-state index in [1.54, 1.807) is 0 Å². The number of hydrogen-bond donors (Lipinski definition) is 1. The number of alkyl halides is 3. The summed E-state index contributed by atoms with van der Waals surface area (Å²) >= 11 is 1.09. The number of thioether (sulfide) groups is 1. The van der Waals surface area contributed by atoms with E-state index in [9.17, 15) is 18.0 Å². The molecule has 0 bridgehead atoms. The van der Waals surface area contributed by atoms with Crippen molar-refractivity contribution in [1.29, 1.82) is 0 Å². The molecule has 4 rings (SSSR count). The summed E-state index contributed by atoms with van der Waals surface area (Å²) in [5.41, 5.74) is 0.0100. The van der Waals surface area contributed by atoms with E-state index >= 15 is 0 Å². The Labute approximate surface area is 173 Å². The molecule has 1 aromatic heterocycles. The number of benzene rings is 3. The molecule has 0 aliphatic carbocycles. The quantitative estimate of drug-likeness (QED) is 0.471. The third-order valence-corrected chi connectivity index (χ3v) is 5.16. The average Bonchev–Trinajstić information content (AvgIpc) is 3.20. The van der Waals surface area contributed by atoms with Gasteiger partial charge in [0.1, 0.15) is 0 Å². The van der Waals surface area contributed by atoms with E-state index in [4.69, 9.17) is 0 Å². The summed E-state index contributed by atoms with van der Waals surface area (Å²) in [6, 6.07) is 18.0. The van der Waals surface area contributed by atoms with Crippen molar-refractivity contribution >= 4 is 34.1 Å². The number of fused-ring (bicyclic) bond motifs is 1. The van der Waals surface area contributed by atoms with Crippen LogP contribution in [0.1, 0.15) is 5.56 Å². The first-order chi connectivity index (χ1) is 14.4. The summed E-state index contributed by atoms with van der Waals surface area (Å²) in [5.74, 6) is -0.534. The van der Waals surface area contributed by atoms with Crippen LogP contribution in [0.25, 0.3) is 16.5 Å². The lowest BCUT2D eigenvalue weighted by atomic mass is 10.1. The van der Waals surface area contributed by atoms with Crippen molar-refractivity contribution in [3.63, 3.8) is 0 Å². The van der Waals surface area contributed by atoms with Crippen molar-refractivity contribution in [1.82, 2.24) is 20.2 Å². The third-order valence-electron chi connectivity index (χ3n) is 4.24. The highest BCUT2D eigenvalue weighted by Crippen LogP contribution is 2.31. The van der Waals surface area contributed by atoms with Crippen LogP contribution < -0.4 is 5.32 Å². The number of carbonyl (C=O) groups is 1. The maximum Gasteiger partial charge on any atom is 0.416 e. The van der Waals surface area contributed by atoms with Crippen LogP contribution in [0.2, 0.25) is 0 Å².